The largest absolute Gasteiger partial charge is 0.482 e. The molecule has 2 fully saturated rings. The van der Waals surface area contributed by atoms with Gasteiger partial charge in [0.05, 0.1) is 0 Å². The van der Waals surface area contributed by atoms with Crippen LogP contribution in [0.3, 0.4) is 0 Å². The highest BCUT2D eigenvalue weighted by Gasteiger charge is 2.25. The molecule has 3 rings (SSSR count). The van der Waals surface area contributed by atoms with E-state index in [1.807, 2.05) is 12.1 Å². The van der Waals surface area contributed by atoms with Gasteiger partial charge in [-0.2, -0.15) is 0 Å². The second-order valence-electron chi connectivity index (χ2n) is 6.48. The molecule has 0 aliphatic carbocycles. The molecule has 1 aromatic rings. The normalized spacial score (nSPS) is 18.5. The molecule has 8 nitrogen and oxygen atoms in total. The fourth-order valence-electron chi connectivity index (χ4n) is 3.18. The van der Waals surface area contributed by atoms with Crippen molar-refractivity contribution in [2.24, 2.45) is 0 Å². The van der Waals surface area contributed by atoms with E-state index in [9.17, 15) is 9.59 Å². The first kappa shape index (κ1) is 18.3. The molecule has 0 radical (unpaired) electrons. The molecular formula is C18H25N3O5. The quantitative estimate of drug-likeness (QED) is 0.811. The number of benzene rings is 1. The first-order valence-corrected chi connectivity index (χ1v) is 8.98. The third-order valence-electron chi connectivity index (χ3n) is 4.66. The molecule has 26 heavy (non-hydrogen) atoms. The van der Waals surface area contributed by atoms with Gasteiger partial charge < -0.3 is 29.7 Å². The maximum atomic E-state index is 12.3. The Hall–Kier alpha value is -2.48. The molecule has 0 spiro atoms. The molecule has 0 unspecified atom stereocenters. The fraction of sp³-hybridized carbons (Fsp3) is 0.556. The molecule has 1 amide bonds. The predicted molar refractivity (Wildman–Crippen MR) is 95.7 cm³/mol. The topological polar surface area (TPSA) is 91.3 Å². The number of carboxylic acids is 1. The molecule has 8 heteroatoms. The summed E-state index contributed by atoms with van der Waals surface area (Å²) in [6.07, 6.45) is 1.57. The van der Waals surface area contributed by atoms with Gasteiger partial charge in [-0.1, -0.05) is 0 Å². The number of ether oxygens (including phenoxy) is 2. The number of carbonyl (C=O) groups is 2. The van der Waals surface area contributed by atoms with Crippen LogP contribution in [0.4, 0.5) is 10.5 Å². The van der Waals surface area contributed by atoms with Crippen molar-refractivity contribution in [1.29, 1.82) is 0 Å². The van der Waals surface area contributed by atoms with Crippen LogP contribution in [0, 0.1) is 0 Å². The smallest absolute Gasteiger partial charge is 0.410 e. The summed E-state index contributed by atoms with van der Waals surface area (Å²) in [6, 6.07) is 7.33. The number of aliphatic carboxylic acids is 1. The summed E-state index contributed by atoms with van der Waals surface area (Å²) in [4.78, 5) is 26.8. The van der Waals surface area contributed by atoms with Crippen LogP contribution in [0.5, 0.6) is 5.75 Å². The van der Waals surface area contributed by atoms with Crippen LogP contribution < -0.4 is 15.0 Å². The van der Waals surface area contributed by atoms with Gasteiger partial charge in [0.15, 0.2) is 6.61 Å². The maximum Gasteiger partial charge on any atom is 0.410 e. The minimum absolute atomic E-state index is 0.0279. The van der Waals surface area contributed by atoms with E-state index in [0.29, 0.717) is 18.8 Å². The van der Waals surface area contributed by atoms with Crippen molar-refractivity contribution < 1.29 is 24.2 Å². The Morgan fingerprint density at radius 3 is 2.35 bits per heavy atom. The van der Waals surface area contributed by atoms with Crippen molar-refractivity contribution in [3.05, 3.63) is 24.3 Å². The van der Waals surface area contributed by atoms with E-state index >= 15 is 0 Å². The summed E-state index contributed by atoms with van der Waals surface area (Å²) in [6.45, 7) is 4.17. The van der Waals surface area contributed by atoms with Gasteiger partial charge in [-0.15, -0.1) is 0 Å². The third kappa shape index (κ3) is 5.01. The molecule has 0 saturated carbocycles. The fourth-order valence-corrected chi connectivity index (χ4v) is 3.18. The Morgan fingerprint density at radius 2 is 1.73 bits per heavy atom. The van der Waals surface area contributed by atoms with Crippen LogP contribution in [0.25, 0.3) is 0 Å². The maximum absolute atomic E-state index is 12.3. The van der Waals surface area contributed by atoms with Crippen molar-refractivity contribution in [2.75, 3.05) is 50.8 Å². The number of nitrogens with zero attached hydrogens (tertiary/aromatic N) is 2. The number of hydrogen-bond acceptors (Lipinski definition) is 6. The van der Waals surface area contributed by atoms with Gasteiger partial charge in [-0.25, -0.2) is 9.59 Å². The third-order valence-corrected chi connectivity index (χ3v) is 4.66. The van der Waals surface area contributed by atoms with E-state index in [4.69, 9.17) is 14.6 Å². The van der Waals surface area contributed by atoms with Gasteiger partial charge in [-0.05, 0) is 50.2 Å². The first-order chi connectivity index (χ1) is 12.6. The van der Waals surface area contributed by atoms with Gasteiger partial charge in [0.1, 0.15) is 11.9 Å². The lowest BCUT2D eigenvalue weighted by atomic mass is 10.1. The summed E-state index contributed by atoms with van der Waals surface area (Å²) < 4.78 is 10.7. The number of piperidine rings is 1. The van der Waals surface area contributed by atoms with Gasteiger partial charge >= 0.3 is 12.1 Å². The predicted octanol–water partition coefficient (Wildman–Crippen LogP) is 1.16. The van der Waals surface area contributed by atoms with E-state index in [2.05, 4.69) is 10.2 Å². The Morgan fingerprint density at radius 1 is 1.08 bits per heavy atom. The number of piperazine rings is 1. The second-order valence-corrected chi connectivity index (χ2v) is 6.48. The number of amides is 1. The molecule has 0 bridgehead atoms. The van der Waals surface area contributed by atoms with E-state index in [1.54, 1.807) is 17.0 Å². The average Bonchev–Trinajstić information content (AvgIpc) is 2.68. The minimum Gasteiger partial charge on any atom is -0.482 e. The monoisotopic (exact) mass is 363 g/mol. The molecule has 2 saturated heterocycles. The summed E-state index contributed by atoms with van der Waals surface area (Å²) in [5.41, 5.74) is 1.03. The SMILES string of the molecule is O=C(O)COc1ccc(N2CCN(C(=O)OC3CCNCC3)CC2)cc1. The molecule has 0 aromatic heterocycles. The summed E-state index contributed by atoms with van der Waals surface area (Å²) >= 11 is 0. The van der Waals surface area contributed by atoms with Crippen LogP contribution in [0.1, 0.15) is 12.8 Å². The van der Waals surface area contributed by atoms with Gasteiger partial charge in [0.25, 0.3) is 0 Å². The van der Waals surface area contributed by atoms with Gasteiger partial charge in [0.2, 0.25) is 0 Å². The lowest BCUT2D eigenvalue weighted by Gasteiger charge is -2.36. The number of nitrogens with one attached hydrogen (secondary N) is 1. The molecule has 0 atom stereocenters. The number of carbonyl (C=O) groups excluding carboxylic acids is 1. The highest BCUT2D eigenvalue weighted by molar-refractivity contribution is 5.69. The minimum atomic E-state index is -0.999. The van der Waals surface area contributed by atoms with E-state index < -0.39 is 5.97 Å². The summed E-state index contributed by atoms with van der Waals surface area (Å²) in [7, 11) is 0. The Labute approximate surface area is 152 Å². The molecule has 2 aliphatic rings. The van der Waals surface area contributed by atoms with Crippen LogP contribution in [0.2, 0.25) is 0 Å². The molecule has 2 heterocycles. The highest BCUT2D eigenvalue weighted by Crippen LogP contribution is 2.21. The Kier molecular flexibility index (Phi) is 6.17. The van der Waals surface area contributed by atoms with E-state index in [-0.39, 0.29) is 18.8 Å². The van der Waals surface area contributed by atoms with Gasteiger partial charge in [0, 0.05) is 31.9 Å². The zero-order chi connectivity index (χ0) is 18.4. The molecule has 1 aromatic carbocycles. The van der Waals surface area contributed by atoms with Crippen LogP contribution >= 0.6 is 0 Å². The van der Waals surface area contributed by atoms with Crippen LogP contribution in [0.15, 0.2) is 24.3 Å². The number of carboxylic acid groups (broad SMARTS) is 1. The van der Waals surface area contributed by atoms with E-state index in [1.165, 1.54) is 0 Å². The van der Waals surface area contributed by atoms with Crippen LogP contribution in [-0.2, 0) is 9.53 Å². The summed E-state index contributed by atoms with van der Waals surface area (Å²) in [5, 5.41) is 11.9. The zero-order valence-electron chi connectivity index (χ0n) is 14.7. The van der Waals surface area contributed by atoms with Crippen molar-refractivity contribution in [3.63, 3.8) is 0 Å². The number of hydrogen-bond donors (Lipinski definition) is 2. The standard InChI is InChI=1S/C18H25N3O5/c22-17(23)13-25-15-3-1-14(2-4-15)20-9-11-21(12-10-20)18(24)26-16-5-7-19-8-6-16/h1-4,16,19H,5-13H2,(H,22,23). The van der Waals surface area contributed by atoms with Crippen molar-refractivity contribution in [3.8, 4) is 5.75 Å². The molecule has 2 N–H and O–H groups in total. The van der Waals surface area contributed by atoms with Crippen LogP contribution in [-0.4, -0.2) is 74.0 Å². The van der Waals surface area contributed by atoms with Gasteiger partial charge in [-0.3, -0.25) is 0 Å². The Balaban J connectivity index is 1.45. The van der Waals surface area contributed by atoms with E-state index in [0.717, 1.165) is 44.7 Å². The van der Waals surface area contributed by atoms with Crippen molar-refractivity contribution in [2.45, 2.75) is 18.9 Å². The highest BCUT2D eigenvalue weighted by atomic mass is 16.6. The lowest BCUT2D eigenvalue weighted by molar-refractivity contribution is -0.139. The molecule has 2 aliphatic heterocycles. The number of rotatable bonds is 5. The Bertz CT molecular complexity index is 608. The lowest BCUT2D eigenvalue weighted by Crippen LogP contribution is -2.50. The average molecular weight is 363 g/mol. The number of anilines is 1. The van der Waals surface area contributed by atoms with Crippen molar-refractivity contribution in [1.82, 2.24) is 10.2 Å². The van der Waals surface area contributed by atoms with Crippen molar-refractivity contribution >= 4 is 17.7 Å². The molecular weight excluding hydrogens is 338 g/mol. The summed E-state index contributed by atoms with van der Waals surface area (Å²) in [5.74, 6) is -0.470. The first-order valence-electron chi connectivity index (χ1n) is 8.98. The zero-order valence-corrected chi connectivity index (χ0v) is 14.7. The second kappa shape index (κ2) is 8.75. The molecule has 142 valence electrons.